The molecule has 0 atom stereocenters. The molecule has 0 unspecified atom stereocenters. The van der Waals surface area contributed by atoms with E-state index < -0.39 is 0 Å². The van der Waals surface area contributed by atoms with Crippen molar-refractivity contribution in [3.8, 4) is 0 Å². The molecule has 1 amide bonds. The summed E-state index contributed by atoms with van der Waals surface area (Å²) >= 11 is 0. The van der Waals surface area contributed by atoms with Crippen LogP contribution >= 0.6 is 0 Å². The molecule has 3 aromatic rings. The highest BCUT2D eigenvalue weighted by Crippen LogP contribution is 2.35. The molecular formula is C24H24N2O2. The summed E-state index contributed by atoms with van der Waals surface area (Å²) in [5.41, 5.74) is 5.53. The molecule has 0 bridgehead atoms. The predicted octanol–water partition coefficient (Wildman–Crippen LogP) is 4.02. The van der Waals surface area contributed by atoms with Gasteiger partial charge in [-0.05, 0) is 53.1 Å². The van der Waals surface area contributed by atoms with Gasteiger partial charge in [0.05, 0.1) is 13.2 Å². The molecule has 142 valence electrons. The fraction of sp³-hybridized carbons (Fsp3) is 0.292. The lowest BCUT2D eigenvalue weighted by atomic mass is 10.0. The Morgan fingerprint density at radius 1 is 0.964 bits per heavy atom. The van der Waals surface area contributed by atoms with Crippen LogP contribution in [0.3, 0.4) is 0 Å². The number of nitrogens with one attached hydrogen (secondary N) is 1. The van der Waals surface area contributed by atoms with E-state index in [9.17, 15) is 4.79 Å². The second-order valence-corrected chi connectivity index (χ2v) is 7.65. The number of carbonyl (C=O) groups excluding carboxylic acids is 1. The zero-order valence-corrected chi connectivity index (χ0v) is 15.9. The minimum absolute atomic E-state index is 0.0532. The molecule has 28 heavy (non-hydrogen) atoms. The predicted molar refractivity (Wildman–Crippen MR) is 112 cm³/mol. The van der Waals surface area contributed by atoms with E-state index in [1.807, 2.05) is 24.3 Å². The largest absolute Gasteiger partial charge is 0.379 e. The molecule has 0 aromatic heterocycles. The number of rotatable bonds is 4. The molecular weight excluding hydrogens is 348 g/mol. The number of amides is 1. The lowest BCUT2D eigenvalue weighted by Gasteiger charge is -2.26. The Balaban J connectivity index is 1.38. The van der Waals surface area contributed by atoms with Crippen LogP contribution in [0.5, 0.6) is 0 Å². The Morgan fingerprint density at radius 2 is 1.75 bits per heavy atom. The van der Waals surface area contributed by atoms with Crippen molar-refractivity contribution in [3.63, 3.8) is 0 Å². The van der Waals surface area contributed by atoms with Gasteiger partial charge < -0.3 is 10.1 Å². The summed E-state index contributed by atoms with van der Waals surface area (Å²) in [5, 5.41) is 5.61. The number of carbonyl (C=O) groups is 1. The van der Waals surface area contributed by atoms with Gasteiger partial charge in [0.1, 0.15) is 0 Å². The van der Waals surface area contributed by atoms with E-state index in [1.165, 1.54) is 16.5 Å². The van der Waals surface area contributed by atoms with Gasteiger partial charge in [-0.2, -0.15) is 0 Å². The van der Waals surface area contributed by atoms with Crippen LogP contribution in [0.4, 0.5) is 5.69 Å². The van der Waals surface area contributed by atoms with Gasteiger partial charge >= 0.3 is 0 Å². The molecule has 1 N–H and O–H groups in total. The number of ether oxygens (including phenoxy) is 1. The first-order valence-electron chi connectivity index (χ1n) is 10.0. The van der Waals surface area contributed by atoms with E-state index in [0.29, 0.717) is 5.56 Å². The second-order valence-electron chi connectivity index (χ2n) is 7.65. The van der Waals surface area contributed by atoms with Gasteiger partial charge in [0.25, 0.3) is 5.91 Å². The van der Waals surface area contributed by atoms with Crippen LogP contribution in [0.1, 0.15) is 27.0 Å². The number of nitrogens with zero attached hydrogens (tertiary/aromatic N) is 1. The van der Waals surface area contributed by atoms with E-state index in [-0.39, 0.29) is 5.91 Å². The lowest BCUT2D eigenvalue weighted by Crippen LogP contribution is -2.35. The number of hydrogen-bond donors (Lipinski definition) is 1. The number of benzene rings is 3. The van der Waals surface area contributed by atoms with Crippen LogP contribution in [0.15, 0.2) is 54.6 Å². The third-order valence-corrected chi connectivity index (χ3v) is 5.82. The van der Waals surface area contributed by atoms with Gasteiger partial charge in [-0.25, -0.2) is 0 Å². The van der Waals surface area contributed by atoms with Crippen LogP contribution in [0, 0.1) is 0 Å². The van der Waals surface area contributed by atoms with E-state index >= 15 is 0 Å². The zero-order valence-electron chi connectivity index (χ0n) is 15.9. The molecule has 0 saturated carbocycles. The molecule has 1 aliphatic carbocycles. The average molecular weight is 372 g/mol. The molecule has 4 nitrogen and oxygen atoms in total. The van der Waals surface area contributed by atoms with Gasteiger partial charge in [0.2, 0.25) is 0 Å². The third-order valence-electron chi connectivity index (χ3n) is 5.82. The summed E-state index contributed by atoms with van der Waals surface area (Å²) in [6, 6.07) is 18.5. The maximum Gasteiger partial charge on any atom is 0.255 e. The van der Waals surface area contributed by atoms with Gasteiger partial charge in [0, 0.05) is 36.3 Å². The molecule has 1 fully saturated rings. The third kappa shape index (κ3) is 3.30. The first-order chi connectivity index (χ1) is 13.8. The first kappa shape index (κ1) is 17.4. The topological polar surface area (TPSA) is 41.6 Å². The summed E-state index contributed by atoms with van der Waals surface area (Å²) in [4.78, 5) is 15.3. The van der Waals surface area contributed by atoms with Gasteiger partial charge in [-0.1, -0.05) is 36.4 Å². The SMILES string of the molecule is O=C(Nc1ccc2c3c(cccc13)CC2)c1cccc(CN2CCOCC2)c1. The molecule has 0 radical (unpaired) electrons. The molecule has 2 aliphatic rings. The number of hydrogen-bond acceptors (Lipinski definition) is 3. The standard InChI is InChI=1S/C24H24N2O2/c27-24(20-5-1-3-17(15-20)16-26-11-13-28-14-12-26)25-22-10-9-19-8-7-18-4-2-6-21(22)23(18)19/h1-6,9-10,15H,7-8,11-14,16H2,(H,25,27). The Labute approximate surface area is 165 Å². The summed E-state index contributed by atoms with van der Waals surface area (Å²) in [6.07, 6.45) is 2.18. The molecule has 0 spiro atoms. The minimum Gasteiger partial charge on any atom is -0.379 e. The zero-order chi connectivity index (χ0) is 18.9. The Kier molecular flexibility index (Phi) is 4.59. The van der Waals surface area contributed by atoms with Gasteiger partial charge in [-0.3, -0.25) is 9.69 Å². The van der Waals surface area contributed by atoms with Crippen LogP contribution in [-0.4, -0.2) is 37.1 Å². The first-order valence-corrected chi connectivity index (χ1v) is 10.0. The monoisotopic (exact) mass is 372 g/mol. The highest BCUT2D eigenvalue weighted by molar-refractivity contribution is 6.10. The average Bonchev–Trinajstić information content (AvgIpc) is 3.16. The van der Waals surface area contributed by atoms with Crippen LogP contribution < -0.4 is 5.32 Å². The normalized spacial score (nSPS) is 16.4. The molecule has 1 aliphatic heterocycles. The maximum absolute atomic E-state index is 12.9. The Hall–Kier alpha value is -2.69. The van der Waals surface area contributed by atoms with E-state index in [1.54, 1.807) is 0 Å². The Morgan fingerprint density at radius 3 is 2.61 bits per heavy atom. The Bertz CT molecular complexity index is 1030. The van der Waals surface area contributed by atoms with Crippen LogP contribution in [-0.2, 0) is 24.1 Å². The molecule has 4 heteroatoms. The van der Waals surface area contributed by atoms with E-state index in [4.69, 9.17) is 4.74 Å². The maximum atomic E-state index is 12.9. The molecule has 5 rings (SSSR count). The quantitative estimate of drug-likeness (QED) is 0.752. The highest BCUT2D eigenvalue weighted by atomic mass is 16.5. The van der Waals surface area contributed by atoms with Crippen LogP contribution in [0.2, 0.25) is 0 Å². The number of aryl methyl sites for hydroxylation is 2. The van der Waals surface area contributed by atoms with Crippen molar-refractivity contribution in [2.75, 3.05) is 31.6 Å². The summed E-state index contributed by atoms with van der Waals surface area (Å²) in [7, 11) is 0. The second kappa shape index (κ2) is 7.38. The number of anilines is 1. The number of morpholine rings is 1. The summed E-state index contributed by atoms with van der Waals surface area (Å²) < 4.78 is 5.42. The molecule has 1 saturated heterocycles. The molecule has 3 aromatic carbocycles. The van der Waals surface area contributed by atoms with Gasteiger partial charge in [-0.15, -0.1) is 0 Å². The van der Waals surface area contributed by atoms with Crippen molar-refractivity contribution in [1.82, 2.24) is 4.90 Å². The van der Waals surface area contributed by atoms with Crippen molar-refractivity contribution in [2.45, 2.75) is 19.4 Å². The summed E-state index contributed by atoms with van der Waals surface area (Å²) in [6.45, 7) is 4.30. The highest BCUT2D eigenvalue weighted by Gasteiger charge is 2.17. The smallest absolute Gasteiger partial charge is 0.255 e. The van der Waals surface area contributed by atoms with Crippen molar-refractivity contribution in [3.05, 3.63) is 76.9 Å². The van der Waals surface area contributed by atoms with Crippen LogP contribution in [0.25, 0.3) is 10.8 Å². The fourth-order valence-electron chi connectivity index (χ4n) is 4.38. The van der Waals surface area contributed by atoms with Crippen molar-refractivity contribution < 1.29 is 9.53 Å². The minimum atomic E-state index is -0.0532. The van der Waals surface area contributed by atoms with E-state index in [0.717, 1.165) is 62.3 Å². The van der Waals surface area contributed by atoms with Crippen molar-refractivity contribution in [2.24, 2.45) is 0 Å². The van der Waals surface area contributed by atoms with Gasteiger partial charge in [0.15, 0.2) is 0 Å². The van der Waals surface area contributed by atoms with Crippen molar-refractivity contribution in [1.29, 1.82) is 0 Å². The van der Waals surface area contributed by atoms with Crippen molar-refractivity contribution >= 4 is 22.4 Å². The fourth-order valence-corrected chi connectivity index (χ4v) is 4.38. The molecule has 1 heterocycles. The van der Waals surface area contributed by atoms with E-state index in [2.05, 4.69) is 40.5 Å². The lowest BCUT2D eigenvalue weighted by molar-refractivity contribution is 0.0342. The summed E-state index contributed by atoms with van der Waals surface area (Å²) in [5.74, 6) is -0.0532.